The third-order valence-electron chi connectivity index (χ3n) is 4.74. The normalized spacial score (nSPS) is 15.4. The number of para-hydroxylation sites is 1. The Balaban J connectivity index is 1.63. The number of hydrogen-bond donors (Lipinski definition) is 1. The Morgan fingerprint density at radius 1 is 1.21 bits per heavy atom. The van der Waals surface area contributed by atoms with Crippen LogP contribution in [-0.2, 0) is 9.59 Å². The van der Waals surface area contributed by atoms with Crippen molar-refractivity contribution < 1.29 is 19.1 Å². The van der Waals surface area contributed by atoms with Gasteiger partial charge in [0, 0.05) is 5.69 Å². The highest BCUT2D eigenvalue weighted by molar-refractivity contribution is 5.99. The van der Waals surface area contributed by atoms with Crippen molar-refractivity contribution in [1.29, 1.82) is 0 Å². The second kappa shape index (κ2) is 7.79. The van der Waals surface area contributed by atoms with Crippen molar-refractivity contribution in [2.75, 3.05) is 11.9 Å². The van der Waals surface area contributed by atoms with E-state index >= 15 is 0 Å². The van der Waals surface area contributed by atoms with Gasteiger partial charge in [0.05, 0.1) is 35.9 Å². The van der Waals surface area contributed by atoms with E-state index in [1.807, 2.05) is 44.2 Å². The molecule has 1 aliphatic rings. The molecule has 0 bridgehead atoms. The molecule has 0 saturated carbocycles. The monoisotopic (exact) mass is 391 g/mol. The van der Waals surface area contributed by atoms with E-state index in [-0.39, 0.29) is 12.3 Å². The summed E-state index contributed by atoms with van der Waals surface area (Å²) < 4.78 is 12.5. The van der Waals surface area contributed by atoms with Crippen LogP contribution in [0.3, 0.4) is 0 Å². The Morgan fingerprint density at radius 3 is 2.62 bits per heavy atom. The van der Waals surface area contributed by atoms with Crippen molar-refractivity contribution in [2.45, 2.75) is 26.2 Å². The highest BCUT2D eigenvalue weighted by Crippen LogP contribution is 2.38. The molecule has 0 saturated heterocycles. The predicted octanol–water partition coefficient (Wildman–Crippen LogP) is 3.61. The number of carbonyl (C=O) groups excluding carboxylic acids is 2. The maximum Gasteiger partial charge on any atom is 0.313 e. The van der Waals surface area contributed by atoms with E-state index in [0.29, 0.717) is 29.4 Å². The number of aryl methyl sites for hydroxylation is 1. The first-order valence-corrected chi connectivity index (χ1v) is 9.46. The molecule has 3 aromatic rings. The minimum absolute atomic E-state index is 0.0306. The van der Waals surface area contributed by atoms with Crippen molar-refractivity contribution in [3.63, 3.8) is 0 Å². The maximum absolute atomic E-state index is 13.0. The fourth-order valence-electron chi connectivity index (χ4n) is 3.43. The number of nitrogens with one attached hydrogen (secondary N) is 1. The molecule has 0 aliphatic carbocycles. The zero-order valence-electron chi connectivity index (χ0n) is 16.2. The van der Waals surface area contributed by atoms with E-state index in [2.05, 4.69) is 10.4 Å². The van der Waals surface area contributed by atoms with Gasteiger partial charge in [-0.2, -0.15) is 5.10 Å². The number of amides is 1. The lowest BCUT2D eigenvalue weighted by Gasteiger charge is -2.22. The lowest BCUT2D eigenvalue weighted by Crippen LogP contribution is -2.30. The predicted molar refractivity (Wildman–Crippen MR) is 108 cm³/mol. The van der Waals surface area contributed by atoms with Gasteiger partial charge in [0.2, 0.25) is 11.8 Å². The van der Waals surface area contributed by atoms with Crippen LogP contribution in [0.4, 0.5) is 5.69 Å². The summed E-state index contributed by atoms with van der Waals surface area (Å²) in [7, 11) is 0. The summed E-state index contributed by atoms with van der Waals surface area (Å²) >= 11 is 0. The number of aromatic nitrogens is 2. The zero-order chi connectivity index (χ0) is 20.4. The van der Waals surface area contributed by atoms with E-state index in [1.54, 1.807) is 28.9 Å². The summed E-state index contributed by atoms with van der Waals surface area (Å²) in [5.41, 5.74) is 2.68. The summed E-state index contributed by atoms with van der Waals surface area (Å²) in [4.78, 5) is 25.2. The number of ether oxygens (including phenoxy) is 2. The molecular formula is C22H21N3O4. The van der Waals surface area contributed by atoms with Crippen LogP contribution >= 0.6 is 0 Å². The number of hydrogen-bond acceptors (Lipinski definition) is 5. The van der Waals surface area contributed by atoms with Crippen LogP contribution in [0.15, 0.2) is 54.6 Å². The minimum Gasteiger partial charge on any atom is -0.494 e. The van der Waals surface area contributed by atoms with E-state index < -0.39 is 11.9 Å². The maximum atomic E-state index is 13.0. The van der Waals surface area contributed by atoms with E-state index in [1.165, 1.54) is 0 Å². The van der Waals surface area contributed by atoms with E-state index in [4.69, 9.17) is 9.47 Å². The first-order valence-electron chi connectivity index (χ1n) is 9.46. The van der Waals surface area contributed by atoms with Gasteiger partial charge in [-0.3, -0.25) is 9.59 Å². The Labute approximate surface area is 168 Å². The topological polar surface area (TPSA) is 82.4 Å². The molecule has 29 heavy (non-hydrogen) atoms. The first kappa shape index (κ1) is 18.7. The van der Waals surface area contributed by atoms with Gasteiger partial charge >= 0.3 is 5.97 Å². The summed E-state index contributed by atoms with van der Waals surface area (Å²) in [5, 5.41) is 7.39. The van der Waals surface area contributed by atoms with Crippen molar-refractivity contribution >= 4 is 17.6 Å². The van der Waals surface area contributed by atoms with Crippen molar-refractivity contribution in [2.24, 2.45) is 0 Å². The molecule has 1 aromatic heterocycles. The molecule has 0 radical (unpaired) electrons. The molecule has 1 atom stereocenters. The van der Waals surface area contributed by atoms with Crippen molar-refractivity contribution in [3.8, 4) is 17.3 Å². The van der Waals surface area contributed by atoms with Crippen LogP contribution < -0.4 is 14.8 Å². The van der Waals surface area contributed by atoms with Gasteiger partial charge in [0.1, 0.15) is 5.75 Å². The highest BCUT2D eigenvalue weighted by Gasteiger charge is 2.37. The van der Waals surface area contributed by atoms with Crippen LogP contribution in [-0.4, -0.2) is 28.3 Å². The SMILES string of the molecule is CCOc1ccc(NC(=O)[C@@H]2CC(=O)Oc3c2c(C)nn3-c2ccccc2)cc1. The summed E-state index contributed by atoms with van der Waals surface area (Å²) in [6.45, 7) is 4.30. The number of carbonyl (C=O) groups is 2. The Kier molecular flexibility index (Phi) is 5.03. The van der Waals surface area contributed by atoms with E-state index in [0.717, 1.165) is 11.4 Å². The molecular weight excluding hydrogens is 370 g/mol. The lowest BCUT2D eigenvalue weighted by atomic mass is 9.93. The molecule has 1 amide bonds. The summed E-state index contributed by atoms with van der Waals surface area (Å²) in [6.07, 6.45) is -0.0306. The highest BCUT2D eigenvalue weighted by atomic mass is 16.5. The fourth-order valence-corrected chi connectivity index (χ4v) is 3.43. The second-order valence-corrected chi connectivity index (χ2v) is 6.73. The molecule has 7 heteroatoms. The smallest absolute Gasteiger partial charge is 0.313 e. The minimum atomic E-state index is -0.671. The average molecular weight is 391 g/mol. The number of esters is 1. The molecule has 2 aromatic carbocycles. The number of nitrogens with zero attached hydrogens (tertiary/aromatic N) is 2. The van der Waals surface area contributed by atoms with Gasteiger partial charge in [0.15, 0.2) is 0 Å². The number of anilines is 1. The van der Waals surface area contributed by atoms with Crippen LogP contribution in [0.2, 0.25) is 0 Å². The zero-order valence-corrected chi connectivity index (χ0v) is 16.2. The van der Waals surface area contributed by atoms with Gasteiger partial charge < -0.3 is 14.8 Å². The molecule has 1 N–H and O–H groups in total. The molecule has 0 fully saturated rings. The van der Waals surface area contributed by atoms with Crippen molar-refractivity contribution in [1.82, 2.24) is 9.78 Å². The van der Waals surface area contributed by atoms with E-state index in [9.17, 15) is 9.59 Å². The number of rotatable bonds is 5. The van der Waals surface area contributed by atoms with Crippen molar-refractivity contribution in [3.05, 3.63) is 65.9 Å². The summed E-state index contributed by atoms with van der Waals surface area (Å²) in [5.74, 6) is -0.370. The standard InChI is InChI=1S/C22H21N3O4/c1-3-28-17-11-9-15(10-12-17)23-21(27)18-13-19(26)29-22-20(18)14(2)24-25(22)16-7-5-4-6-8-16/h4-12,18H,3,13H2,1-2H3,(H,23,27)/t18-/m1/s1. The molecule has 148 valence electrons. The van der Waals surface area contributed by atoms with Gasteiger partial charge in [-0.05, 0) is 50.2 Å². The molecule has 0 unspecified atom stereocenters. The second-order valence-electron chi connectivity index (χ2n) is 6.73. The number of benzene rings is 2. The van der Waals surface area contributed by atoms with Crippen LogP contribution in [0.5, 0.6) is 11.6 Å². The Bertz CT molecular complexity index is 1040. The molecule has 4 rings (SSSR count). The Morgan fingerprint density at radius 2 is 1.93 bits per heavy atom. The molecule has 2 heterocycles. The average Bonchev–Trinajstić information content (AvgIpc) is 3.06. The third-order valence-corrected chi connectivity index (χ3v) is 4.74. The van der Waals surface area contributed by atoms with Gasteiger partial charge in [-0.1, -0.05) is 18.2 Å². The molecule has 0 spiro atoms. The quantitative estimate of drug-likeness (QED) is 0.672. The summed E-state index contributed by atoms with van der Waals surface area (Å²) in [6, 6.07) is 16.5. The molecule has 1 aliphatic heterocycles. The first-order chi connectivity index (χ1) is 14.1. The third kappa shape index (κ3) is 3.71. The van der Waals surface area contributed by atoms with Gasteiger partial charge in [-0.25, -0.2) is 4.68 Å². The Hall–Kier alpha value is -3.61. The largest absolute Gasteiger partial charge is 0.494 e. The lowest BCUT2D eigenvalue weighted by molar-refractivity contribution is -0.138. The molecule has 7 nitrogen and oxygen atoms in total. The van der Waals surface area contributed by atoms with Crippen LogP contribution in [0, 0.1) is 6.92 Å². The fraction of sp³-hybridized carbons (Fsp3) is 0.227. The van der Waals surface area contributed by atoms with Crippen LogP contribution in [0.1, 0.15) is 30.5 Å². The van der Waals surface area contributed by atoms with Gasteiger partial charge in [-0.15, -0.1) is 0 Å². The number of fused-ring (bicyclic) bond motifs is 1. The van der Waals surface area contributed by atoms with Gasteiger partial charge in [0.25, 0.3) is 0 Å². The van der Waals surface area contributed by atoms with Crippen LogP contribution in [0.25, 0.3) is 5.69 Å².